The summed E-state index contributed by atoms with van der Waals surface area (Å²) in [4.78, 5) is 22.2. The van der Waals surface area contributed by atoms with E-state index in [-0.39, 0.29) is 11.9 Å². The molecule has 2 aromatic heterocycles. The Morgan fingerprint density at radius 3 is 2.91 bits per heavy atom. The third-order valence-corrected chi connectivity index (χ3v) is 4.92. The number of nitrogens with zero attached hydrogens (tertiary/aromatic N) is 3. The smallest absolute Gasteiger partial charge is 0.290 e. The zero-order valence-electron chi connectivity index (χ0n) is 13.0. The highest BCUT2D eigenvalue weighted by molar-refractivity contribution is 6.35. The molecule has 0 saturated heterocycles. The average molecular weight is 329 g/mol. The van der Waals surface area contributed by atoms with E-state index in [0.717, 1.165) is 17.8 Å². The number of fused-ring (bicyclic) bond motifs is 2. The summed E-state index contributed by atoms with van der Waals surface area (Å²) in [6.07, 6.45) is 0. The number of aromatic nitrogens is 3. The number of para-hydroxylation sites is 1. The van der Waals surface area contributed by atoms with Gasteiger partial charge in [0.05, 0.1) is 16.6 Å². The maximum Gasteiger partial charge on any atom is 0.290 e. The van der Waals surface area contributed by atoms with Crippen molar-refractivity contribution in [3.63, 3.8) is 0 Å². The normalized spacial score (nSPS) is 17.5. The Morgan fingerprint density at radius 1 is 1.30 bits per heavy atom. The maximum atomic E-state index is 12.9. The molecular weight excluding hydrogens is 312 g/mol. The molecule has 1 N–H and O–H groups in total. The van der Waals surface area contributed by atoms with Gasteiger partial charge in [-0.25, -0.2) is 4.98 Å². The number of H-pyrrole nitrogens is 1. The van der Waals surface area contributed by atoms with Crippen LogP contribution in [-0.2, 0) is 6.54 Å². The molecule has 1 aliphatic heterocycles. The number of aryl methyl sites for hydroxylation is 1. The number of nitrogens with one attached hydrogen (secondary N) is 1. The molecule has 6 heteroatoms. The number of hydrogen-bond acceptors (Lipinski definition) is 2. The van der Waals surface area contributed by atoms with E-state index in [9.17, 15) is 4.79 Å². The van der Waals surface area contributed by atoms with Gasteiger partial charge in [0.25, 0.3) is 5.91 Å². The fourth-order valence-electron chi connectivity index (χ4n) is 3.33. The van der Waals surface area contributed by atoms with Gasteiger partial charge in [-0.1, -0.05) is 17.7 Å². The van der Waals surface area contributed by atoms with Crippen LogP contribution in [0.3, 0.4) is 0 Å². The van der Waals surface area contributed by atoms with E-state index < -0.39 is 0 Å². The van der Waals surface area contributed by atoms with Crippen molar-refractivity contribution in [3.05, 3.63) is 52.6 Å². The lowest BCUT2D eigenvalue weighted by molar-refractivity contribution is 0.0631. The lowest BCUT2D eigenvalue weighted by atomic mass is 10.1. The molecule has 0 fully saturated rings. The van der Waals surface area contributed by atoms with Crippen LogP contribution in [0.1, 0.15) is 35.0 Å². The molecule has 1 atom stereocenters. The predicted octanol–water partition coefficient (Wildman–Crippen LogP) is 3.54. The van der Waals surface area contributed by atoms with Crippen molar-refractivity contribution in [1.82, 2.24) is 19.4 Å². The van der Waals surface area contributed by atoms with Crippen molar-refractivity contribution in [2.75, 3.05) is 6.54 Å². The second-order valence-electron chi connectivity index (χ2n) is 5.95. The largest absolute Gasteiger partial charge is 0.345 e. The summed E-state index contributed by atoms with van der Waals surface area (Å²) in [6, 6.07) is 9.71. The highest BCUT2D eigenvalue weighted by Crippen LogP contribution is 2.29. The second-order valence-corrected chi connectivity index (χ2v) is 6.35. The number of imidazole rings is 1. The average Bonchev–Trinajstić information content (AvgIpc) is 3.13. The molecular formula is C17H17ClN4O. The van der Waals surface area contributed by atoms with Gasteiger partial charge >= 0.3 is 0 Å². The van der Waals surface area contributed by atoms with Crippen molar-refractivity contribution in [2.24, 2.45) is 0 Å². The van der Waals surface area contributed by atoms with Gasteiger partial charge in [-0.15, -0.1) is 0 Å². The Balaban J connectivity index is 1.70. The van der Waals surface area contributed by atoms with Crippen molar-refractivity contribution < 1.29 is 4.79 Å². The van der Waals surface area contributed by atoms with Crippen LogP contribution in [0.5, 0.6) is 0 Å². The predicted molar refractivity (Wildman–Crippen MR) is 89.7 cm³/mol. The van der Waals surface area contributed by atoms with E-state index in [1.807, 2.05) is 17.0 Å². The second kappa shape index (κ2) is 5.13. The molecule has 1 unspecified atom stereocenters. The number of carbonyl (C=O) groups is 1. The molecule has 0 spiro atoms. The third kappa shape index (κ3) is 2.15. The van der Waals surface area contributed by atoms with E-state index in [4.69, 9.17) is 11.6 Å². The van der Waals surface area contributed by atoms with Crippen LogP contribution in [0.25, 0.3) is 11.0 Å². The molecule has 4 rings (SSSR count). The summed E-state index contributed by atoms with van der Waals surface area (Å²) in [7, 11) is 0. The molecule has 5 nitrogen and oxygen atoms in total. The number of aromatic amines is 1. The third-order valence-electron chi connectivity index (χ3n) is 4.62. The van der Waals surface area contributed by atoms with Crippen LogP contribution < -0.4 is 0 Å². The minimum absolute atomic E-state index is 0.0219. The highest BCUT2D eigenvalue weighted by atomic mass is 35.5. The number of rotatable bonds is 1. The first kappa shape index (κ1) is 14.3. The van der Waals surface area contributed by atoms with Crippen LogP contribution in [0.15, 0.2) is 30.3 Å². The minimum atomic E-state index is -0.0881. The first-order valence-corrected chi connectivity index (χ1v) is 8.05. The minimum Gasteiger partial charge on any atom is -0.345 e. The van der Waals surface area contributed by atoms with Crippen LogP contribution in [-0.4, -0.2) is 31.9 Å². The van der Waals surface area contributed by atoms with Crippen LogP contribution >= 0.6 is 11.6 Å². The fraction of sp³-hybridized carbons (Fsp3) is 0.294. The standard InChI is InChI=1S/C17H17ClN4O/c1-10-6-7-14-11(2)22(9-8-21(10)14)17(23)16-19-13-5-3-4-12(18)15(13)20-16/h3-7,11H,8-9H2,1-2H3,(H,19,20). The van der Waals surface area contributed by atoms with E-state index in [1.165, 1.54) is 5.69 Å². The highest BCUT2D eigenvalue weighted by Gasteiger charge is 2.30. The molecule has 0 aliphatic carbocycles. The quantitative estimate of drug-likeness (QED) is 0.742. The maximum absolute atomic E-state index is 12.9. The summed E-state index contributed by atoms with van der Waals surface area (Å²) in [5.41, 5.74) is 3.82. The van der Waals surface area contributed by atoms with E-state index in [1.54, 1.807) is 6.07 Å². The van der Waals surface area contributed by atoms with Crippen LogP contribution in [0.4, 0.5) is 0 Å². The first-order valence-electron chi connectivity index (χ1n) is 7.67. The van der Waals surface area contributed by atoms with E-state index in [0.29, 0.717) is 22.9 Å². The Labute approximate surface area is 138 Å². The molecule has 0 bridgehead atoms. The lowest BCUT2D eigenvalue weighted by Gasteiger charge is -2.34. The lowest BCUT2D eigenvalue weighted by Crippen LogP contribution is -2.41. The Kier molecular flexibility index (Phi) is 3.20. The summed E-state index contributed by atoms with van der Waals surface area (Å²) in [6.45, 7) is 5.63. The van der Waals surface area contributed by atoms with Gasteiger partial charge in [-0.05, 0) is 38.1 Å². The number of carbonyl (C=O) groups excluding carboxylic acids is 1. The summed E-state index contributed by atoms with van der Waals surface area (Å²) < 4.78 is 2.27. The monoisotopic (exact) mass is 328 g/mol. The summed E-state index contributed by atoms with van der Waals surface area (Å²) in [5, 5.41) is 0.550. The Morgan fingerprint density at radius 2 is 2.13 bits per heavy atom. The van der Waals surface area contributed by atoms with Gasteiger partial charge in [-0.2, -0.15) is 0 Å². The van der Waals surface area contributed by atoms with Gasteiger partial charge in [-0.3, -0.25) is 4.79 Å². The molecule has 3 aromatic rings. The van der Waals surface area contributed by atoms with Gasteiger partial charge in [0.2, 0.25) is 0 Å². The van der Waals surface area contributed by atoms with Gasteiger partial charge in [0.15, 0.2) is 5.82 Å². The Bertz CT molecular complexity index is 911. The molecule has 23 heavy (non-hydrogen) atoms. The van der Waals surface area contributed by atoms with Crippen LogP contribution in [0.2, 0.25) is 5.02 Å². The van der Waals surface area contributed by atoms with E-state index in [2.05, 4.69) is 40.5 Å². The van der Waals surface area contributed by atoms with Crippen molar-refractivity contribution in [1.29, 1.82) is 0 Å². The first-order chi connectivity index (χ1) is 11.1. The molecule has 1 amide bonds. The molecule has 118 valence electrons. The van der Waals surface area contributed by atoms with Crippen molar-refractivity contribution in [3.8, 4) is 0 Å². The van der Waals surface area contributed by atoms with Crippen molar-refractivity contribution in [2.45, 2.75) is 26.4 Å². The molecule has 0 radical (unpaired) electrons. The zero-order valence-corrected chi connectivity index (χ0v) is 13.8. The van der Waals surface area contributed by atoms with Gasteiger partial charge in [0.1, 0.15) is 5.52 Å². The number of halogens is 1. The molecule has 1 aromatic carbocycles. The zero-order chi connectivity index (χ0) is 16.1. The fourth-order valence-corrected chi connectivity index (χ4v) is 3.55. The SMILES string of the molecule is Cc1ccc2n1CCN(C(=O)c1nc3c(Cl)cccc3[nH]1)C2C. The summed E-state index contributed by atoms with van der Waals surface area (Å²) >= 11 is 6.15. The van der Waals surface area contributed by atoms with Gasteiger partial charge < -0.3 is 14.5 Å². The number of hydrogen-bond donors (Lipinski definition) is 1. The number of benzene rings is 1. The molecule has 0 saturated carbocycles. The van der Waals surface area contributed by atoms with Crippen LogP contribution in [0, 0.1) is 6.92 Å². The molecule has 3 heterocycles. The molecule has 1 aliphatic rings. The Hall–Kier alpha value is -2.27. The van der Waals surface area contributed by atoms with Crippen molar-refractivity contribution >= 4 is 28.5 Å². The number of amides is 1. The topological polar surface area (TPSA) is 53.9 Å². The summed E-state index contributed by atoms with van der Waals surface area (Å²) in [5.74, 6) is 0.256. The van der Waals surface area contributed by atoms with E-state index >= 15 is 0 Å². The van der Waals surface area contributed by atoms with Gasteiger partial charge in [0, 0.05) is 24.5 Å².